The van der Waals surface area contributed by atoms with Crippen molar-refractivity contribution >= 4 is 0 Å². The van der Waals surface area contributed by atoms with Crippen molar-refractivity contribution in [2.45, 2.75) is 51.5 Å². The summed E-state index contributed by atoms with van der Waals surface area (Å²) in [5.41, 5.74) is 11.7. The molecule has 0 unspecified atom stereocenters. The summed E-state index contributed by atoms with van der Waals surface area (Å²) in [7, 11) is 0. The first-order chi connectivity index (χ1) is 9.79. The lowest BCUT2D eigenvalue weighted by Crippen LogP contribution is -2.04. The van der Waals surface area contributed by atoms with E-state index in [1.807, 2.05) is 0 Å². The molecule has 0 aliphatic heterocycles. The Hall–Kier alpha value is -1.61. The SMILES string of the molecule is Cc1[nH]nc(CN)c1-c1ccc(C2CCCCC2)cc1. The summed E-state index contributed by atoms with van der Waals surface area (Å²) < 4.78 is 0. The number of hydrogen-bond acceptors (Lipinski definition) is 2. The van der Waals surface area contributed by atoms with Crippen LogP contribution in [0.5, 0.6) is 0 Å². The van der Waals surface area contributed by atoms with E-state index < -0.39 is 0 Å². The number of H-pyrrole nitrogens is 1. The predicted molar refractivity (Wildman–Crippen MR) is 82.5 cm³/mol. The Morgan fingerprint density at radius 1 is 1.15 bits per heavy atom. The minimum atomic E-state index is 0.476. The Labute approximate surface area is 120 Å². The maximum Gasteiger partial charge on any atom is 0.0838 e. The van der Waals surface area contributed by atoms with Crippen LogP contribution < -0.4 is 5.73 Å². The second-order valence-electron chi connectivity index (χ2n) is 5.83. The standard InChI is InChI=1S/C17H23N3/c1-12-17(16(11-18)20-19-12)15-9-7-14(8-10-15)13-5-3-2-4-6-13/h7-10,13H,2-6,11,18H2,1H3,(H,19,20). The molecule has 0 atom stereocenters. The van der Waals surface area contributed by atoms with Gasteiger partial charge in [-0.3, -0.25) is 5.10 Å². The van der Waals surface area contributed by atoms with Gasteiger partial charge in [0.1, 0.15) is 0 Å². The largest absolute Gasteiger partial charge is 0.325 e. The highest BCUT2D eigenvalue weighted by Gasteiger charge is 2.16. The van der Waals surface area contributed by atoms with Crippen molar-refractivity contribution in [1.82, 2.24) is 10.2 Å². The number of rotatable bonds is 3. The van der Waals surface area contributed by atoms with Crippen LogP contribution in [-0.2, 0) is 6.54 Å². The zero-order valence-electron chi connectivity index (χ0n) is 12.2. The number of nitrogens with two attached hydrogens (primary N) is 1. The quantitative estimate of drug-likeness (QED) is 0.888. The molecule has 0 bridgehead atoms. The van der Waals surface area contributed by atoms with Crippen molar-refractivity contribution in [1.29, 1.82) is 0 Å². The summed E-state index contributed by atoms with van der Waals surface area (Å²) in [6.45, 7) is 2.53. The molecule has 1 fully saturated rings. The molecule has 106 valence electrons. The summed E-state index contributed by atoms with van der Waals surface area (Å²) in [5, 5.41) is 7.31. The number of aromatic amines is 1. The average Bonchev–Trinajstić information content (AvgIpc) is 2.89. The topological polar surface area (TPSA) is 54.7 Å². The highest BCUT2D eigenvalue weighted by Crippen LogP contribution is 2.34. The summed E-state index contributed by atoms with van der Waals surface area (Å²) in [6, 6.07) is 9.03. The zero-order chi connectivity index (χ0) is 13.9. The predicted octanol–water partition coefficient (Wildman–Crippen LogP) is 3.89. The molecule has 3 rings (SSSR count). The number of nitrogens with zero attached hydrogens (tertiary/aromatic N) is 1. The second-order valence-corrected chi connectivity index (χ2v) is 5.83. The molecule has 3 heteroatoms. The van der Waals surface area contributed by atoms with E-state index in [0.717, 1.165) is 17.3 Å². The van der Waals surface area contributed by atoms with Gasteiger partial charge in [-0.05, 0) is 36.8 Å². The summed E-state index contributed by atoms with van der Waals surface area (Å²) in [6.07, 6.45) is 6.86. The minimum absolute atomic E-state index is 0.476. The Bertz CT molecular complexity index is 562. The van der Waals surface area contributed by atoms with E-state index >= 15 is 0 Å². The Morgan fingerprint density at radius 2 is 1.85 bits per heavy atom. The van der Waals surface area contributed by atoms with Gasteiger partial charge in [0.2, 0.25) is 0 Å². The molecule has 3 N–H and O–H groups in total. The molecule has 1 heterocycles. The van der Waals surface area contributed by atoms with Crippen molar-refractivity contribution in [2.24, 2.45) is 5.73 Å². The number of nitrogens with one attached hydrogen (secondary N) is 1. The normalized spacial score (nSPS) is 16.5. The minimum Gasteiger partial charge on any atom is -0.325 e. The van der Waals surface area contributed by atoms with E-state index in [2.05, 4.69) is 41.4 Å². The third-order valence-corrected chi connectivity index (χ3v) is 4.49. The van der Waals surface area contributed by atoms with E-state index in [9.17, 15) is 0 Å². The van der Waals surface area contributed by atoms with E-state index in [1.54, 1.807) is 0 Å². The van der Waals surface area contributed by atoms with Gasteiger partial charge in [-0.1, -0.05) is 43.5 Å². The molecule has 0 saturated heterocycles. The average molecular weight is 269 g/mol. The van der Waals surface area contributed by atoms with E-state index in [4.69, 9.17) is 5.73 Å². The van der Waals surface area contributed by atoms with Crippen LogP contribution in [0.15, 0.2) is 24.3 Å². The molecule has 2 aromatic rings. The van der Waals surface area contributed by atoms with Crippen molar-refractivity contribution in [2.75, 3.05) is 0 Å². The third kappa shape index (κ3) is 2.50. The lowest BCUT2D eigenvalue weighted by atomic mass is 9.83. The molecule has 1 aliphatic carbocycles. The highest BCUT2D eigenvalue weighted by molar-refractivity contribution is 5.68. The van der Waals surface area contributed by atoms with Gasteiger partial charge in [-0.25, -0.2) is 0 Å². The summed E-state index contributed by atoms with van der Waals surface area (Å²) in [5.74, 6) is 0.761. The number of aryl methyl sites for hydroxylation is 1. The van der Waals surface area contributed by atoms with Crippen LogP contribution in [0.25, 0.3) is 11.1 Å². The first kappa shape index (κ1) is 13.4. The van der Waals surface area contributed by atoms with Gasteiger partial charge in [0.15, 0.2) is 0 Å². The molecular weight excluding hydrogens is 246 g/mol. The molecule has 20 heavy (non-hydrogen) atoms. The molecule has 1 aromatic carbocycles. The van der Waals surface area contributed by atoms with Crippen LogP contribution in [0.1, 0.15) is 55.0 Å². The Balaban J connectivity index is 1.87. The third-order valence-electron chi connectivity index (χ3n) is 4.49. The Kier molecular flexibility index (Phi) is 3.88. The van der Waals surface area contributed by atoms with Gasteiger partial charge in [0.05, 0.1) is 5.69 Å². The second kappa shape index (κ2) is 5.80. The van der Waals surface area contributed by atoms with Gasteiger partial charge in [-0.15, -0.1) is 0 Å². The first-order valence-electron chi connectivity index (χ1n) is 7.64. The lowest BCUT2D eigenvalue weighted by Gasteiger charge is -2.22. The monoisotopic (exact) mass is 269 g/mol. The van der Waals surface area contributed by atoms with Crippen LogP contribution in [0, 0.1) is 6.92 Å². The zero-order valence-corrected chi connectivity index (χ0v) is 12.2. The summed E-state index contributed by atoms with van der Waals surface area (Å²) >= 11 is 0. The Morgan fingerprint density at radius 3 is 2.50 bits per heavy atom. The fourth-order valence-electron chi connectivity index (χ4n) is 3.37. The molecule has 1 aliphatic rings. The van der Waals surface area contributed by atoms with Crippen molar-refractivity contribution in [3.8, 4) is 11.1 Å². The van der Waals surface area contributed by atoms with Gasteiger partial charge in [0.25, 0.3) is 0 Å². The van der Waals surface area contributed by atoms with E-state index in [0.29, 0.717) is 6.54 Å². The fourth-order valence-corrected chi connectivity index (χ4v) is 3.37. The molecule has 0 amide bonds. The molecule has 0 spiro atoms. The van der Waals surface area contributed by atoms with Crippen LogP contribution in [0.2, 0.25) is 0 Å². The van der Waals surface area contributed by atoms with Crippen molar-refractivity contribution in [3.63, 3.8) is 0 Å². The van der Waals surface area contributed by atoms with Crippen LogP contribution in [0.3, 0.4) is 0 Å². The molecule has 0 radical (unpaired) electrons. The van der Waals surface area contributed by atoms with E-state index in [-0.39, 0.29) is 0 Å². The fraction of sp³-hybridized carbons (Fsp3) is 0.471. The van der Waals surface area contributed by atoms with Gasteiger partial charge >= 0.3 is 0 Å². The smallest absolute Gasteiger partial charge is 0.0838 e. The van der Waals surface area contributed by atoms with Crippen LogP contribution >= 0.6 is 0 Å². The number of benzene rings is 1. The number of aromatic nitrogens is 2. The van der Waals surface area contributed by atoms with E-state index in [1.165, 1.54) is 48.8 Å². The molecule has 3 nitrogen and oxygen atoms in total. The van der Waals surface area contributed by atoms with Crippen molar-refractivity contribution < 1.29 is 0 Å². The van der Waals surface area contributed by atoms with Gasteiger partial charge in [0, 0.05) is 17.8 Å². The maximum atomic E-state index is 5.77. The molecule has 1 saturated carbocycles. The van der Waals surface area contributed by atoms with Crippen molar-refractivity contribution in [3.05, 3.63) is 41.2 Å². The molecular formula is C17H23N3. The van der Waals surface area contributed by atoms with Crippen LogP contribution in [0.4, 0.5) is 0 Å². The first-order valence-corrected chi connectivity index (χ1v) is 7.64. The summed E-state index contributed by atoms with van der Waals surface area (Å²) in [4.78, 5) is 0. The van der Waals surface area contributed by atoms with Gasteiger partial charge in [-0.2, -0.15) is 5.10 Å². The maximum absolute atomic E-state index is 5.77. The van der Waals surface area contributed by atoms with Crippen LogP contribution in [-0.4, -0.2) is 10.2 Å². The van der Waals surface area contributed by atoms with Gasteiger partial charge < -0.3 is 5.73 Å². The molecule has 1 aromatic heterocycles. The highest BCUT2D eigenvalue weighted by atomic mass is 15.1. The number of hydrogen-bond donors (Lipinski definition) is 2. The lowest BCUT2D eigenvalue weighted by molar-refractivity contribution is 0.443.